The summed E-state index contributed by atoms with van der Waals surface area (Å²) in [6.07, 6.45) is 0. The molecule has 1 aromatic heterocycles. The number of nitrogens with one attached hydrogen (secondary N) is 1. The van der Waals surface area contributed by atoms with Crippen LogP contribution < -0.4 is 5.73 Å². The molecule has 0 atom stereocenters. The zero-order chi connectivity index (χ0) is 11.0. The second-order valence-electron chi connectivity index (χ2n) is 3.29. The van der Waals surface area contributed by atoms with Gasteiger partial charge in [-0.15, -0.1) is 0 Å². The predicted molar refractivity (Wildman–Crippen MR) is 53.1 cm³/mol. The molecule has 0 fully saturated rings. The Balaban J connectivity index is 2.58. The van der Waals surface area contributed by atoms with Crippen molar-refractivity contribution in [2.45, 2.75) is 6.92 Å². The molecule has 0 saturated carbocycles. The van der Waals surface area contributed by atoms with Gasteiger partial charge in [-0.1, -0.05) is 0 Å². The lowest BCUT2D eigenvalue weighted by Gasteiger charge is -2.02. The number of nitrogens with two attached hydrogens (primary N) is 1. The SMILES string of the molecule is Cc1cc(-c2cc(N)n[nH]2)c(F)cc1F. The summed E-state index contributed by atoms with van der Waals surface area (Å²) in [7, 11) is 0. The van der Waals surface area contributed by atoms with E-state index in [4.69, 9.17) is 5.73 Å². The van der Waals surface area contributed by atoms with E-state index in [1.807, 2.05) is 0 Å². The van der Waals surface area contributed by atoms with E-state index >= 15 is 0 Å². The van der Waals surface area contributed by atoms with Crippen LogP contribution in [0.4, 0.5) is 14.6 Å². The van der Waals surface area contributed by atoms with E-state index < -0.39 is 11.6 Å². The molecule has 0 amide bonds. The lowest BCUT2D eigenvalue weighted by Crippen LogP contribution is -1.90. The molecule has 0 bridgehead atoms. The van der Waals surface area contributed by atoms with Crippen molar-refractivity contribution in [3.05, 3.63) is 35.4 Å². The molecule has 2 aromatic rings. The number of aryl methyl sites for hydroxylation is 1. The molecular weight excluding hydrogens is 200 g/mol. The van der Waals surface area contributed by atoms with Gasteiger partial charge in [0.2, 0.25) is 0 Å². The van der Waals surface area contributed by atoms with Gasteiger partial charge >= 0.3 is 0 Å². The number of hydrogen-bond donors (Lipinski definition) is 2. The zero-order valence-corrected chi connectivity index (χ0v) is 8.01. The average molecular weight is 209 g/mol. The molecule has 0 aliphatic heterocycles. The predicted octanol–water partition coefficient (Wildman–Crippen LogP) is 2.25. The summed E-state index contributed by atoms with van der Waals surface area (Å²) < 4.78 is 26.4. The first kappa shape index (κ1) is 9.64. The molecule has 3 N–H and O–H groups in total. The number of nitrogens with zero attached hydrogens (tertiary/aromatic N) is 1. The van der Waals surface area contributed by atoms with Crippen molar-refractivity contribution in [3.8, 4) is 11.3 Å². The number of rotatable bonds is 1. The van der Waals surface area contributed by atoms with Crippen molar-refractivity contribution in [1.29, 1.82) is 0 Å². The molecule has 1 heterocycles. The summed E-state index contributed by atoms with van der Waals surface area (Å²) in [4.78, 5) is 0. The molecule has 2 rings (SSSR count). The van der Waals surface area contributed by atoms with Crippen LogP contribution in [0.25, 0.3) is 11.3 Å². The van der Waals surface area contributed by atoms with Crippen molar-refractivity contribution in [1.82, 2.24) is 10.2 Å². The van der Waals surface area contributed by atoms with Gasteiger partial charge in [-0.05, 0) is 18.6 Å². The van der Waals surface area contributed by atoms with Crippen LogP contribution in [-0.2, 0) is 0 Å². The highest BCUT2D eigenvalue weighted by atomic mass is 19.1. The molecule has 3 nitrogen and oxygen atoms in total. The van der Waals surface area contributed by atoms with Gasteiger partial charge in [-0.25, -0.2) is 8.78 Å². The molecule has 0 spiro atoms. The van der Waals surface area contributed by atoms with Gasteiger partial charge in [0.05, 0.1) is 5.69 Å². The van der Waals surface area contributed by atoms with E-state index in [2.05, 4.69) is 10.2 Å². The number of anilines is 1. The Kier molecular flexibility index (Phi) is 2.15. The third kappa shape index (κ3) is 1.68. The number of hydrogen-bond acceptors (Lipinski definition) is 2. The normalized spacial score (nSPS) is 10.6. The summed E-state index contributed by atoms with van der Waals surface area (Å²) in [5.74, 6) is -0.933. The van der Waals surface area contributed by atoms with E-state index in [9.17, 15) is 8.78 Å². The first-order chi connectivity index (χ1) is 7.08. The highest BCUT2D eigenvalue weighted by Crippen LogP contribution is 2.24. The number of nitrogen functional groups attached to an aromatic ring is 1. The fraction of sp³-hybridized carbons (Fsp3) is 0.100. The van der Waals surface area contributed by atoms with Gasteiger partial charge in [0.25, 0.3) is 0 Å². The van der Waals surface area contributed by atoms with Crippen molar-refractivity contribution in [3.63, 3.8) is 0 Å². The smallest absolute Gasteiger partial charge is 0.145 e. The van der Waals surface area contributed by atoms with Crippen LogP contribution in [0.15, 0.2) is 18.2 Å². The van der Waals surface area contributed by atoms with E-state index in [0.717, 1.165) is 6.07 Å². The van der Waals surface area contributed by atoms with Crippen molar-refractivity contribution in [2.24, 2.45) is 0 Å². The minimum Gasteiger partial charge on any atom is -0.382 e. The van der Waals surface area contributed by atoms with Crippen molar-refractivity contribution < 1.29 is 8.78 Å². The maximum Gasteiger partial charge on any atom is 0.145 e. The second-order valence-corrected chi connectivity index (χ2v) is 3.29. The van der Waals surface area contributed by atoms with Crippen molar-refractivity contribution in [2.75, 3.05) is 5.73 Å². The van der Waals surface area contributed by atoms with Gasteiger partial charge in [0.1, 0.15) is 17.5 Å². The van der Waals surface area contributed by atoms with E-state index in [1.165, 1.54) is 12.1 Å². The monoisotopic (exact) mass is 209 g/mol. The molecule has 0 aliphatic rings. The van der Waals surface area contributed by atoms with Gasteiger partial charge in [-0.3, -0.25) is 5.10 Å². The summed E-state index contributed by atoms with van der Waals surface area (Å²) in [5, 5.41) is 6.25. The van der Waals surface area contributed by atoms with Crippen LogP contribution in [0.2, 0.25) is 0 Å². The first-order valence-corrected chi connectivity index (χ1v) is 4.35. The Hall–Kier alpha value is -1.91. The lowest BCUT2D eigenvalue weighted by atomic mass is 10.1. The summed E-state index contributed by atoms with van der Waals surface area (Å²) >= 11 is 0. The van der Waals surface area contributed by atoms with Crippen LogP contribution in [0.3, 0.4) is 0 Å². The maximum absolute atomic E-state index is 13.4. The van der Waals surface area contributed by atoms with Gasteiger partial charge in [0, 0.05) is 17.7 Å². The van der Waals surface area contributed by atoms with Crippen LogP contribution in [0.5, 0.6) is 0 Å². The molecular formula is C10H9F2N3. The molecule has 0 saturated heterocycles. The van der Waals surface area contributed by atoms with Crippen LogP contribution in [0.1, 0.15) is 5.56 Å². The van der Waals surface area contributed by atoms with Crippen LogP contribution in [-0.4, -0.2) is 10.2 Å². The Labute approximate surface area is 84.9 Å². The Bertz CT molecular complexity index is 505. The van der Waals surface area contributed by atoms with Crippen LogP contribution >= 0.6 is 0 Å². The topological polar surface area (TPSA) is 54.7 Å². The number of halogens is 2. The quantitative estimate of drug-likeness (QED) is 0.756. The second kappa shape index (κ2) is 3.34. The Morgan fingerprint density at radius 3 is 2.53 bits per heavy atom. The lowest BCUT2D eigenvalue weighted by molar-refractivity contribution is 0.579. The van der Waals surface area contributed by atoms with Gasteiger partial charge < -0.3 is 5.73 Å². The number of aromatic nitrogens is 2. The standard InChI is InChI=1S/C10H9F2N3/c1-5-2-6(8(12)3-7(5)11)9-4-10(13)15-14-9/h2-4H,1H3,(H3,13,14,15). The van der Waals surface area contributed by atoms with Crippen molar-refractivity contribution >= 4 is 5.82 Å². The van der Waals surface area contributed by atoms with E-state index in [-0.39, 0.29) is 11.4 Å². The summed E-state index contributed by atoms with van der Waals surface area (Å²) in [6, 6.07) is 3.76. The van der Waals surface area contributed by atoms with Gasteiger partial charge in [-0.2, -0.15) is 5.10 Å². The molecule has 1 aromatic carbocycles. The summed E-state index contributed by atoms with van der Waals surface area (Å²) in [6.45, 7) is 1.57. The van der Waals surface area contributed by atoms with E-state index in [0.29, 0.717) is 11.3 Å². The highest BCUT2D eigenvalue weighted by molar-refractivity contribution is 5.63. The molecule has 0 radical (unpaired) electrons. The zero-order valence-electron chi connectivity index (χ0n) is 8.01. The third-order valence-corrected chi connectivity index (χ3v) is 2.14. The highest BCUT2D eigenvalue weighted by Gasteiger charge is 2.10. The van der Waals surface area contributed by atoms with Gasteiger partial charge in [0.15, 0.2) is 0 Å². The molecule has 78 valence electrons. The summed E-state index contributed by atoms with van der Waals surface area (Å²) in [5.41, 5.74) is 6.47. The maximum atomic E-state index is 13.4. The fourth-order valence-corrected chi connectivity index (χ4v) is 1.34. The molecule has 0 unspecified atom stereocenters. The Morgan fingerprint density at radius 2 is 1.93 bits per heavy atom. The molecule has 15 heavy (non-hydrogen) atoms. The minimum absolute atomic E-state index is 0.262. The molecule has 5 heteroatoms. The largest absolute Gasteiger partial charge is 0.382 e. The fourth-order valence-electron chi connectivity index (χ4n) is 1.34. The average Bonchev–Trinajstić information content (AvgIpc) is 2.58. The minimum atomic E-state index is -0.637. The number of benzene rings is 1. The number of H-pyrrole nitrogens is 1. The van der Waals surface area contributed by atoms with Crippen LogP contribution in [0, 0.1) is 18.6 Å². The Morgan fingerprint density at radius 1 is 1.20 bits per heavy atom. The first-order valence-electron chi connectivity index (χ1n) is 4.35. The molecule has 0 aliphatic carbocycles. The third-order valence-electron chi connectivity index (χ3n) is 2.14. The van der Waals surface area contributed by atoms with E-state index in [1.54, 1.807) is 6.92 Å². The number of aromatic amines is 1.